The van der Waals surface area contributed by atoms with Crippen molar-refractivity contribution in [2.75, 3.05) is 21.3 Å². The highest BCUT2D eigenvalue weighted by molar-refractivity contribution is 6.15. The number of carboxylic acids is 1. The van der Waals surface area contributed by atoms with Crippen LogP contribution in [0.15, 0.2) is 70.8 Å². The fraction of sp³-hybridized carbons (Fsp3) is 0.156. The van der Waals surface area contributed by atoms with Gasteiger partial charge in [0.25, 0.3) is 0 Å². The Morgan fingerprint density at radius 3 is 2.33 bits per heavy atom. The van der Waals surface area contributed by atoms with Crippen LogP contribution in [0.25, 0.3) is 17.4 Å². The molecular weight excluding hydrogens is 544 g/mol. The number of allylic oxidation sites excluding steroid dienone is 1. The van der Waals surface area contributed by atoms with Gasteiger partial charge in [0, 0.05) is 16.7 Å². The molecule has 0 spiro atoms. The van der Waals surface area contributed by atoms with Crippen molar-refractivity contribution in [3.8, 4) is 40.1 Å². The molecule has 10 heteroatoms. The Kier molecular flexibility index (Phi) is 6.66. The standard InChI is InChI=1S/C32H24O10/c1-37-24-10-8-18(29(38-2)31(24)39-3)14-25-28(34)19-9-11-23-27(30(19)42-25)20(15-26(33)41-23)22-13-12-21(40-22)16-4-6-17(7-5-16)32(35)36/h4-14,20H,15H2,1-3H3,(H,35,36)/b25-14-. The van der Waals surface area contributed by atoms with Gasteiger partial charge < -0.3 is 33.2 Å². The van der Waals surface area contributed by atoms with Crippen LogP contribution in [0.1, 0.15) is 49.9 Å². The molecule has 0 amide bonds. The van der Waals surface area contributed by atoms with Gasteiger partial charge in [-0.05, 0) is 54.6 Å². The zero-order chi connectivity index (χ0) is 29.5. The van der Waals surface area contributed by atoms with Crippen LogP contribution in [-0.2, 0) is 4.79 Å². The molecule has 42 heavy (non-hydrogen) atoms. The minimum Gasteiger partial charge on any atom is -0.493 e. The van der Waals surface area contributed by atoms with Crippen LogP contribution in [0.4, 0.5) is 0 Å². The minimum absolute atomic E-state index is 0.0333. The predicted octanol–water partition coefficient (Wildman–Crippen LogP) is 5.73. The molecule has 0 aliphatic carbocycles. The number of methoxy groups -OCH3 is 3. The molecule has 212 valence electrons. The van der Waals surface area contributed by atoms with E-state index in [1.807, 2.05) is 0 Å². The first-order chi connectivity index (χ1) is 20.3. The van der Waals surface area contributed by atoms with Crippen LogP contribution in [0.2, 0.25) is 0 Å². The number of hydrogen-bond acceptors (Lipinski definition) is 9. The third-order valence-corrected chi connectivity index (χ3v) is 7.19. The van der Waals surface area contributed by atoms with Crippen molar-refractivity contribution < 1.29 is 47.6 Å². The number of Topliss-reactive ketones (excluding diaryl/α,β-unsaturated/α-hetero) is 1. The third-order valence-electron chi connectivity index (χ3n) is 7.19. The topological polar surface area (TPSA) is 131 Å². The number of hydrogen-bond donors (Lipinski definition) is 1. The summed E-state index contributed by atoms with van der Waals surface area (Å²) in [6, 6.07) is 16.3. The lowest BCUT2D eigenvalue weighted by Gasteiger charge is -2.24. The molecule has 1 unspecified atom stereocenters. The lowest BCUT2D eigenvalue weighted by molar-refractivity contribution is -0.135. The van der Waals surface area contributed by atoms with Gasteiger partial charge >= 0.3 is 11.9 Å². The second kappa shape index (κ2) is 10.5. The van der Waals surface area contributed by atoms with Gasteiger partial charge in [0.15, 0.2) is 17.3 Å². The molecule has 2 aliphatic rings. The van der Waals surface area contributed by atoms with Crippen LogP contribution in [0, 0.1) is 0 Å². The number of carbonyl (C=O) groups excluding carboxylic acids is 2. The van der Waals surface area contributed by atoms with Crippen molar-refractivity contribution in [2.45, 2.75) is 12.3 Å². The molecule has 10 nitrogen and oxygen atoms in total. The van der Waals surface area contributed by atoms with Crippen LogP contribution < -0.4 is 23.7 Å². The summed E-state index contributed by atoms with van der Waals surface area (Å²) in [5.41, 5.74) is 2.20. The van der Waals surface area contributed by atoms with E-state index in [0.717, 1.165) is 0 Å². The van der Waals surface area contributed by atoms with E-state index in [1.165, 1.54) is 33.5 Å². The molecule has 0 fully saturated rings. The maximum Gasteiger partial charge on any atom is 0.335 e. The summed E-state index contributed by atoms with van der Waals surface area (Å²) in [7, 11) is 4.49. The number of furan rings is 1. The Bertz CT molecular complexity index is 1780. The SMILES string of the molecule is COc1ccc(/C=C2\Oc3c(ccc4c3C(c3ccc(-c5ccc(C(=O)O)cc5)o3)CC(=O)O4)C2=O)c(OC)c1OC. The first kappa shape index (κ1) is 26.7. The lowest BCUT2D eigenvalue weighted by Crippen LogP contribution is -2.21. The average Bonchev–Trinajstić information content (AvgIpc) is 3.61. The number of carbonyl (C=O) groups is 3. The van der Waals surface area contributed by atoms with Crippen molar-refractivity contribution in [1.82, 2.24) is 0 Å². The number of aromatic carboxylic acids is 1. The number of esters is 1. The average molecular weight is 569 g/mol. The second-order valence-electron chi connectivity index (χ2n) is 9.53. The lowest BCUT2D eigenvalue weighted by atomic mass is 9.88. The maximum absolute atomic E-state index is 13.5. The Labute approximate surface area is 239 Å². The molecule has 6 rings (SSSR count). The van der Waals surface area contributed by atoms with Gasteiger partial charge in [0.1, 0.15) is 23.0 Å². The van der Waals surface area contributed by atoms with Crippen molar-refractivity contribution in [2.24, 2.45) is 0 Å². The molecule has 2 aliphatic heterocycles. The van der Waals surface area contributed by atoms with Gasteiger partial charge in [-0.2, -0.15) is 0 Å². The molecule has 0 radical (unpaired) electrons. The molecular formula is C32H24O10. The number of carboxylic acid groups (broad SMARTS) is 1. The van der Waals surface area contributed by atoms with E-state index >= 15 is 0 Å². The largest absolute Gasteiger partial charge is 0.493 e. The number of benzene rings is 3. The van der Waals surface area contributed by atoms with E-state index in [2.05, 4.69) is 0 Å². The van der Waals surface area contributed by atoms with Gasteiger partial charge in [0.2, 0.25) is 11.5 Å². The summed E-state index contributed by atoms with van der Waals surface area (Å²) >= 11 is 0. The molecule has 1 aromatic heterocycles. The fourth-order valence-electron chi connectivity index (χ4n) is 5.20. The van der Waals surface area contributed by atoms with Crippen LogP contribution in [0.5, 0.6) is 28.7 Å². The molecule has 0 bridgehead atoms. The van der Waals surface area contributed by atoms with Crippen molar-refractivity contribution >= 4 is 23.8 Å². The van der Waals surface area contributed by atoms with E-state index in [1.54, 1.807) is 54.6 Å². The van der Waals surface area contributed by atoms with Crippen molar-refractivity contribution in [3.63, 3.8) is 0 Å². The highest BCUT2D eigenvalue weighted by Crippen LogP contribution is 2.50. The Hall–Kier alpha value is -5.51. The Morgan fingerprint density at radius 1 is 0.881 bits per heavy atom. The summed E-state index contributed by atoms with van der Waals surface area (Å²) in [5, 5.41) is 9.18. The van der Waals surface area contributed by atoms with Gasteiger partial charge in [-0.1, -0.05) is 12.1 Å². The number of fused-ring (bicyclic) bond motifs is 3. The molecule has 0 saturated heterocycles. The maximum atomic E-state index is 13.5. The zero-order valence-corrected chi connectivity index (χ0v) is 22.8. The van der Waals surface area contributed by atoms with Crippen LogP contribution >= 0.6 is 0 Å². The Balaban J connectivity index is 1.39. The summed E-state index contributed by atoms with van der Waals surface area (Å²) in [5.74, 6) is 0.350. The summed E-state index contributed by atoms with van der Waals surface area (Å²) in [6.45, 7) is 0. The van der Waals surface area contributed by atoms with Gasteiger partial charge in [-0.3, -0.25) is 9.59 Å². The van der Waals surface area contributed by atoms with E-state index in [0.29, 0.717) is 51.0 Å². The highest BCUT2D eigenvalue weighted by atomic mass is 16.5. The highest BCUT2D eigenvalue weighted by Gasteiger charge is 2.40. The molecule has 0 saturated carbocycles. The summed E-state index contributed by atoms with van der Waals surface area (Å²) in [4.78, 5) is 37.3. The third kappa shape index (κ3) is 4.43. The summed E-state index contributed by atoms with van der Waals surface area (Å²) < 4.78 is 34.2. The molecule has 1 N–H and O–H groups in total. The first-order valence-corrected chi connectivity index (χ1v) is 12.9. The van der Waals surface area contributed by atoms with E-state index < -0.39 is 17.9 Å². The van der Waals surface area contributed by atoms with Crippen molar-refractivity contribution in [1.29, 1.82) is 0 Å². The summed E-state index contributed by atoms with van der Waals surface area (Å²) in [6.07, 6.45) is 1.53. The second-order valence-corrected chi connectivity index (χ2v) is 9.53. The fourth-order valence-corrected chi connectivity index (χ4v) is 5.20. The smallest absolute Gasteiger partial charge is 0.335 e. The molecule has 3 heterocycles. The van der Waals surface area contributed by atoms with Gasteiger partial charge in [-0.15, -0.1) is 0 Å². The number of rotatable bonds is 7. The van der Waals surface area contributed by atoms with E-state index in [9.17, 15) is 19.5 Å². The number of ketones is 1. The van der Waals surface area contributed by atoms with Crippen LogP contribution in [-0.4, -0.2) is 44.2 Å². The first-order valence-electron chi connectivity index (χ1n) is 12.9. The normalized spacial score (nSPS) is 16.4. The van der Waals surface area contributed by atoms with E-state index in [4.69, 9.17) is 28.1 Å². The predicted molar refractivity (Wildman–Crippen MR) is 149 cm³/mol. The van der Waals surface area contributed by atoms with Gasteiger partial charge in [-0.25, -0.2) is 4.79 Å². The molecule has 4 aromatic rings. The molecule has 3 aromatic carbocycles. The molecule has 1 atom stereocenters. The van der Waals surface area contributed by atoms with Crippen molar-refractivity contribution in [3.05, 3.63) is 94.4 Å². The van der Waals surface area contributed by atoms with Gasteiger partial charge in [0.05, 0.1) is 44.8 Å². The van der Waals surface area contributed by atoms with E-state index in [-0.39, 0.29) is 35.0 Å². The monoisotopic (exact) mass is 568 g/mol. The number of ether oxygens (including phenoxy) is 5. The Morgan fingerprint density at radius 2 is 1.64 bits per heavy atom. The minimum atomic E-state index is -1.03. The quantitative estimate of drug-likeness (QED) is 0.168. The zero-order valence-electron chi connectivity index (χ0n) is 22.8. The van der Waals surface area contributed by atoms with Crippen LogP contribution in [0.3, 0.4) is 0 Å².